The summed E-state index contributed by atoms with van der Waals surface area (Å²) in [4.78, 5) is 21.4. The Balaban J connectivity index is 3.02. The minimum atomic E-state index is -1.01. The van der Waals surface area contributed by atoms with Crippen molar-refractivity contribution in [1.82, 2.24) is 0 Å². The Kier molecular flexibility index (Phi) is 4.52. The van der Waals surface area contributed by atoms with Gasteiger partial charge in [-0.1, -0.05) is 17.7 Å². The van der Waals surface area contributed by atoms with Gasteiger partial charge in [-0.2, -0.15) is 0 Å². The third-order valence-corrected chi connectivity index (χ3v) is 2.75. The molecule has 0 saturated heterocycles. The van der Waals surface area contributed by atoms with Crippen molar-refractivity contribution in [2.24, 2.45) is 0 Å². The van der Waals surface area contributed by atoms with Gasteiger partial charge in [-0.05, 0) is 30.2 Å². The highest BCUT2D eigenvalue weighted by atomic mass is 35.5. The zero-order chi connectivity index (χ0) is 13.0. The van der Waals surface area contributed by atoms with Crippen molar-refractivity contribution in [1.29, 1.82) is 0 Å². The first-order chi connectivity index (χ1) is 7.90. The largest absolute Gasteiger partial charge is 0.481 e. The summed E-state index contributed by atoms with van der Waals surface area (Å²) in [6.07, 6.45) is -0.399. The van der Waals surface area contributed by atoms with Crippen LogP contribution >= 0.6 is 11.6 Å². The number of rotatable bonds is 5. The first-order valence-corrected chi connectivity index (χ1v) is 5.47. The molecule has 0 saturated carbocycles. The van der Waals surface area contributed by atoms with Crippen molar-refractivity contribution in [3.05, 3.63) is 34.3 Å². The molecule has 0 fully saturated rings. The molecular formula is C12H13ClO4. The molecule has 0 heterocycles. The first-order valence-electron chi connectivity index (χ1n) is 5.09. The van der Waals surface area contributed by atoms with E-state index in [4.69, 9.17) is 21.8 Å². The van der Waals surface area contributed by atoms with Crippen LogP contribution in [0.15, 0.2) is 18.2 Å². The van der Waals surface area contributed by atoms with Gasteiger partial charge in [-0.25, -0.2) is 0 Å². The fourth-order valence-corrected chi connectivity index (χ4v) is 2.04. The molecule has 92 valence electrons. The van der Waals surface area contributed by atoms with Crippen molar-refractivity contribution in [2.75, 3.05) is 0 Å². The predicted octanol–water partition coefficient (Wildman–Crippen LogP) is 2.68. The lowest BCUT2D eigenvalue weighted by Gasteiger charge is -2.15. The van der Waals surface area contributed by atoms with Crippen LogP contribution in [0.5, 0.6) is 0 Å². The van der Waals surface area contributed by atoms with Crippen LogP contribution in [0, 0.1) is 6.92 Å². The highest BCUT2D eigenvalue weighted by Crippen LogP contribution is 2.28. The summed E-state index contributed by atoms with van der Waals surface area (Å²) in [5.41, 5.74) is 1.53. The molecule has 17 heavy (non-hydrogen) atoms. The van der Waals surface area contributed by atoms with E-state index < -0.39 is 17.9 Å². The van der Waals surface area contributed by atoms with Crippen LogP contribution in [0.3, 0.4) is 0 Å². The molecule has 0 radical (unpaired) electrons. The summed E-state index contributed by atoms with van der Waals surface area (Å²) in [7, 11) is 0. The number of hydrogen-bond donors (Lipinski definition) is 2. The quantitative estimate of drug-likeness (QED) is 0.849. The van der Waals surface area contributed by atoms with Gasteiger partial charge in [-0.15, -0.1) is 0 Å². The van der Waals surface area contributed by atoms with Crippen molar-refractivity contribution >= 4 is 23.5 Å². The molecule has 0 aliphatic heterocycles. The highest BCUT2D eigenvalue weighted by molar-refractivity contribution is 6.30. The second-order valence-electron chi connectivity index (χ2n) is 3.89. The number of halogens is 1. The van der Waals surface area contributed by atoms with Crippen LogP contribution in [0.1, 0.15) is 29.9 Å². The summed E-state index contributed by atoms with van der Waals surface area (Å²) in [5.74, 6) is -2.54. The van der Waals surface area contributed by atoms with Crippen LogP contribution in [0.4, 0.5) is 0 Å². The molecule has 0 atom stereocenters. The Morgan fingerprint density at radius 1 is 1.24 bits per heavy atom. The van der Waals surface area contributed by atoms with Gasteiger partial charge in [0.2, 0.25) is 0 Å². The number of hydrogen-bond acceptors (Lipinski definition) is 2. The standard InChI is InChI=1S/C12H13ClO4/c1-7-4-9(13)2-3-10(7)8(5-11(14)15)6-12(16)17/h2-4,8H,5-6H2,1H3,(H,14,15)(H,16,17). The maximum Gasteiger partial charge on any atom is 0.303 e. The molecule has 4 nitrogen and oxygen atoms in total. The minimum absolute atomic E-state index is 0.200. The Morgan fingerprint density at radius 2 is 1.76 bits per heavy atom. The number of aryl methyl sites for hydroxylation is 1. The van der Waals surface area contributed by atoms with Gasteiger partial charge >= 0.3 is 11.9 Å². The van der Waals surface area contributed by atoms with Gasteiger partial charge in [0, 0.05) is 10.9 Å². The second-order valence-corrected chi connectivity index (χ2v) is 4.33. The van der Waals surface area contributed by atoms with E-state index in [2.05, 4.69) is 0 Å². The maximum atomic E-state index is 10.7. The molecule has 0 aromatic heterocycles. The van der Waals surface area contributed by atoms with E-state index in [1.54, 1.807) is 25.1 Å². The Hall–Kier alpha value is -1.55. The molecule has 0 amide bonds. The Labute approximate surface area is 104 Å². The van der Waals surface area contributed by atoms with E-state index in [9.17, 15) is 9.59 Å². The summed E-state index contributed by atoms with van der Waals surface area (Å²) >= 11 is 5.80. The summed E-state index contributed by atoms with van der Waals surface area (Å²) < 4.78 is 0. The van der Waals surface area contributed by atoms with Crippen LogP contribution in [-0.2, 0) is 9.59 Å². The SMILES string of the molecule is Cc1cc(Cl)ccc1C(CC(=O)O)CC(=O)O. The molecule has 1 aromatic rings. The van der Waals surface area contributed by atoms with Crippen LogP contribution < -0.4 is 0 Å². The lowest BCUT2D eigenvalue weighted by atomic mass is 9.89. The van der Waals surface area contributed by atoms with Gasteiger partial charge in [-0.3, -0.25) is 9.59 Å². The fraction of sp³-hybridized carbons (Fsp3) is 0.333. The number of aliphatic carboxylic acids is 2. The third-order valence-electron chi connectivity index (χ3n) is 2.51. The van der Waals surface area contributed by atoms with E-state index in [0.717, 1.165) is 11.1 Å². The van der Waals surface area contributed by atoms with Crippen molar-refractivity contribution in [3.8, 4) is 0 Å². The van der Waals surface area contributed by atoms with Gasteiger partial charge in [0.25, 0.3) is 0 Å². The van der Waals surface area contributed by atoms with Crippen molar-refractivity contribution < 1.29 is 19.8 Å². The lowest BCUT2D eigenvalue weighted by molar-refractivity contribution is -0.139. The molecule has 1 rings (SSSR count). The normalized spacial score (nSPS) is 10.5. The fourth-order valence-electron chi connectivity index (χ4n) is 1.81. The van der Waals surface area contributed by atoms with E-state index in [0.29, 0.717) is 5.02 Å². The van der Waals surface area contributed by atoms with E-state index >= 15 is 0 Å². The summed E-state index contributed by atoms with van der Waals surface area (Å²) in [6, 6.07) is 5.03. The predicted molar refractivity (Wildman–Crippen MR) is 63.4 cm³/mol. The lowest BCUT2D eigenvalue weighted by Crippen LogP contribution is -2.12. The first kappa shape index (κ1) is 13.5. The van der Waals surface area contributed by atoms with Crippen molar-refractivity contribution in [2.45, 2.75) is 25.7 Å². The number of carboxylic acids is 2. The molecule has 2 N–H and O–H groups in total. The Bertz CT molecular complexity index is 426. The summed E-state index contributed by atoms with van der Waals surface area (Å²) in [5, 5.41) is 18.1. The van der Waals surface area contributed by atoms with Gasteiger partial charge in [0.1, 0.15) is 0 Å². The van der Waals surface area contributed by atoms with E-state index in [-0.39, 0.29) is 12.8 Å². The van der Waals surface area contributed by atoms with Gasteiger partial charge in [0.05, 0.1) is 12.8 Å². The minimum Gasteiger partial charge on any atom is -0.481 e. The van der Waals surface area contributed by atoms with Gasteiger partial charge in [0.15, 0.2) is 0 Å². The number of benzene rings is 1. The molecular weight excluding hydrogens is 244 g/mol. The van der Waals surface area contributed by atoms with Crippen LogP contribution in [0.2, 0.25) is 5.02 Å². The Morgan fingerprint density at radius 3 is 2.18 bits per heavy atom. The topological polar surface area (TPSA) is 74.6 Å². The zero-order valence-corrected chi connectivity index (χ0v) is 10.1. The monoisotopic (exact) mass is 256 g/mol. The molecule has 0 aliphatic rings. The maximum absolute atomic E-state index is 10.7. The summed E-state index contributed by atoms with van der Waals surface area (Å²) in [6.45, 7) is 1.79. The smallest absolute Gasteiger partial charge is 0.303 e. The third kappa shape index (κ3) is 4.07. The molecule has 0 spiro atoms. The van der Waals surface area contributed by atoms with E-state index in [1.165, 1.54) is 0 Å². The van der Waals surface area contributed by atoms with Crippen molar-refractivity contribution in [3.63, 3.8) is 0 Å². The average molecular weight is 257 g/mol. The second kappa shape index (κ2) is 5.68. The van der Waals surface area contributed by atoms with Crippen LogP contribution in [-0.4, -0.2) is 22.2 Å². The molecule has 0 unspecified atom stereocenters. The molecule has 0 bridgehead atoms. The molecule has 0 aliphatic carbocycles. The van der Waals surface area contributed by atoms with Gasteiger partial charge < -0.3 is 10.2 Å². The molecule has 5 heteroatoms. The zero-order valence-electron chi connectivity index (χ0n) is 9.31. The van der Waals surface area contributed by atoms with Crippen LogP contribution in [0.25, 0.3) is 0 Å². The highest BCUT2D eigenvalue weighted by Gasteiger charge is 2.20. The number of carboxylic acid groups (broad SMARTS) is 2. The average Bonchev–Trinajstić information content (AvgIpc) is 2.14. The number of carbonyl (C=O) groups is 2. The molecule has 1 aromatic carbocycles. The van der Waals surface area contributed by atoms with E-state index in [1.807, 2.05) is 0 Å².